The summed E-state index contributed by atoms with van der Waals surface area (Å²) < 4.78 is 0. The minimum absolute atomic E-state index is 0.0830. The van der Waals surface area contributed by atoms with Gasteiger partial charge in [-0.1, -0.05) is 115 Å². The molecule has 0 aliphatic rings. The molecule has 0 unspecified atom stereocenters. The van der Waals surface area contributed by atoms with E-state index in [-0.39, 0.29) is 21.8 Å². The standard InChI is InChI=1S/C26H39N5OSSi2/c1-16(33-23-20-22(29-15-28-20)30-24(27)31-23)21(32)17-12-18(34(8,9)25(2,3)4)14-19(13-17)35(10,11)26(5,6)7/h12-15H,1H2,2-11H3,(H3,27,28,29,30,31). The number of H-pyrrole nitrogens is 1. The first-order valence-electron chi connectivity index (χ1n) is 11.9. The highest BCUT2D eigenvalue weighted by molar-refractivity contribution is 8.04. The van der Waals surface area contributed by atoms with E-state index in [9.17, 15) is 4.79 Å². The minimum Gasteiger partial charge on any atom is -0.368 e. The topological polar surface area (TPSA) is 97.5 Å². The number of anilines is 1. The lowest BCUT2D eigenvalue weighted by Gasteiger charge is -2.41. The smallest absolute Gasteiger partial charge is 0.223 e. The number of aromatic nitrogens is 4. The number of hydrogen-bond acceptors (Lipinski definition) is 6. The molecule has 1 aromatic carbocycles. The summed E-state index contributed by atoms with van der Waals surface area (Å²) in [4.78, 5) is 29.8. The zero-order valence-corrected chi connectivity index (χ0v) is 25.6. The molecular formula is C26H39N5OSSi2. The van der Waals surface area contributed by atoms with Gasteiger partial charge in [-0.2, -0.15) is 4.98 Å². The van der Waals surface area contributed by atoms with Crippen molar-refractivity contribution < 1.29 is 4.79 Å². The second kappa shape index (κ2) is 9.01. The lowest BCUT2D eigenvalue weighted by Crippen LogP contribution is -2.55. The van der Waals surface area contributed by atoms with Gasteiger partial charge in [0, 0.05) is 5.56 Å². The van der Waals surface area contributed by atoms with Gasteiger partial charge in [0.1, 0.15) is 10.5 Å². The molecule has 0 amide bonds. The van der Waals surface area contributed by atoms with E-state index < -0.39 is 16.1 Å². The summed E-state index contributed by atoms with van der Waals surface area (Å²) >= 11 is 1.21. The molecule has 2 aromatic heterocycles. The number of allylic oxidation sites excluding steroid dienone is 1. The van der Waals surface area contributed by atoms with Gasteiger partial charge in [0.2, 0.25) is 5.95 Å². The molecule has 3 aromatic rings. The molecule has 2 heterocycles. The first kappa shape index (κ1) is 27.4. The van der Waals surface area contributed by atoms with Crippen LogP contribution in [-0.4, -0.2) is 41.9 Å². The summed E-state index contributed by atoms with van der Waals surface area (Å²) in [7, 11) is -3.78. The molecule has 3 N–H and O–H groups in total. The van der Waals surface area contributed by atoms with E-state index in [1.54, 1.807) is 6.33 Å². The predicted molar refractivity (Wildman–Crippen MR) is 156 cm³/mol. The third-order valence-electron chi connectivity index (χ3n) is 8.13. The third kappa shape index (κ3) is 5.17. The molecule has 188 valence electrons. The number of fused-ring (bicyclic) bond motifs is 1. The van der Waals surface area contributed by atoms with E-state index in [2.05, 4.69) is 112 Å². The van der Waals surface area contributed by atoms with Crippen LogP contribution in [0.3, 0.4) is 0 Å². The third-order valence-corrected chi connectivity index (χ3v) is 20.0. The maximum atomic E-state index is 13.8. The first-order valence-corrected chi connectivity index (χ1v) is 18.7. The van der Waals surface area contributed by atoms with Crippen LogP contribution < -0.4 is 16.1 Å². The van der Waals surface area contributed by atoms with Crippen LogP contribution in [0.15, 0.2) is 41.0 Å². The summed E-state index contributed by atoms with van der Waals surface area (Å²) in [5.41, 5.74) is 7.69. The van der Waals surface area contributed by atoms with Gasteiger partial charge in [0.05, 0.1) is 27.4 Å². The fourth-order valence-electron chi connectivity index (χ4n) is 3.57. The number of imidazole rings is 1. The molecule has 0 aliphatic carbocycles. The molecule has 35 heavy (non-hydrogen) atoms. The van der Waals surface area contributed by atoms with Crippen LogP contribution in [0.2, 0.25) is 36.3 Å². The van der Waals surface area contributed by atoms with Crippen molar-refractivity contribution >= 4 is 61.2 Å². The summed E-state index contributed by atoms with van der Waals surface area (Å²) in [6, 6.07) is 6.63. The van der Waals surface area contributed by atoms with Gasteiger partial charge in [-0.15, -0.1) is 0 Å². The summed E-state index contributed by atoms with van der Waals surface area (Å²) in [5, 5.41) is 3.48. The molecule has 0 saturated heterocycles. The average molecular weight is 526 g/mol. The largest absolute Gasteiger partial charge is 0.368 e. The Morgan fingerprint density at radius 2 is 1.46 bits per heavy atom. The van der Waals surface area contributed by atoms with E-state index in [1.807, 2.05) is 0 Å². The van der Waals surface area contributed by atoms with E-state index in [0.29, 0.717) is 26.7 Å². The van der Waals surface area contributed by atoms with Crippen molar-refractivity contribution in [3.8, 4) is 0 Å². The Bertz CT molecular complexity index is 1260. The molecule has 9 heteroatoms. The normalized spacial score (nSPS) is 13.3. The van der Waals surface area contributed by atoms with E-state index >= 15 is 0 Å². The maximum absolute atomic E-state index is 13.8. The van der Waals surface area contributed by atoms with Gasteiger partial charge in [0.15, 0.2) is 11.4 Å². The fourth-order valence-corrected chi connectivity index (χ4v) is 8.34. The van der Waals surface area contributed by atoms with Crippen LogP contribution >= 0.6 is 11.8 Å². The van der Waals surface area contributed by atoms with Crippen LogP contribution in [0.5, 0.6) is 0 Å². The van der Waals surface area contributed by atoms with Gasteiger partial charge in [-0.05, 0) is 10.1 Å². The molecule has 6 nitrogen and oxygen atoms in total. The first-order chi connectivity index (χ1) is 15.9. The number of benzene rings is 1. The number of rotatable bonds is 6. The molecule has 0 saturated carbocycles. The van der Waals surface area contributed by atoms with Crippen molar-refractivity contribution in [3.63, 3.8) is 0 Å². The number of hydrogen-bond donors (Lipinski definition) is 2. The number of ketones is 1. The fraction of sp³-hybridized carbons (Fsp3) is 0.462. The van der Waals surface area contributed by atoms with Crippen molar-refractivity contribution in [2.24, 2.45) is 0 Å². The number of carbonyl (C=O) groups is 1. The van der Waals surface area contributed by atoms with Crippen molar-refractivity contribution in [1.29, 1.82) is 0 Å². The quantitative estimate of drug-likeness (QED) is 0.138. The molecule has 0 radical (unpaired) electrons. The Morgan fingerprint density at radius 3 is 1.94 bits per heavy atom. The van der Waals surface area contributed by atoms with Gasteiger partial charge < -0.3 is 10.7 Å². The molecule has 0 bridgehead atoms. The molecule has 0 atom stereocenters. The Morgan fingerprint density at radius 1 is 0.943 bits per heavy atom. The average Bonchev–Trinajstić information content (AvgIpc) is 3.19. The van der Waals surface area contributed by atoms with E-state index in [1.165, 1.54) is 22.1 Å². The second-order valence-electron chi connectivity index (χ2n) is 12.4. The zero-order chi connectivity index (χ0) is 26.6. The van der Waals surface area contributed by atoms with Crippen molar-refractivity contribution in [2.45, 2.75) is 82.8 Å². The van der Waals surface area contributed by atoms with Crippen molar-refractivity contribution in [3.05, 3.63) is 41.6 Å². The molecular weight excluding hydrogens is 487 g/mol. The van der Waals surface area contributed by atoms with E-state index in [0.717, 1.165) is 0 Å². The van der Waals surface area contributed by atoms with Gasteiger partial charge in [-0.25, -0.2) is 9.97 Å². The number of nitrogens with two attached hydrogens (primary N) is 1. The minimum atomic E-state index is -1.89. The maximum Gasteiger partial charge on any atom is 0.223 e. The molecule has 0 spiro atoms. The Hall–Kier alpha value is -2.24. The number of aromatic amines is 1. The van der Waals surface area contributed by atoms with Gasteiger partial charge >= 0.3 is 0 Å². The number of nitrogens with one attached hydrogen (secondary N) is 1. The second-order valence-corrected chi connectivity index (χ2v) is 24.1. The summed E-state index contributed by atoms with van der Waals surface area (Å²) in [6.07, 6.45) is 1.54. The van der Waals surface area contributed by atoms with E-state index in [4.69, 9.17) is 5.73 Å². The van der Waals surface area contributed by atoms with Gasteiger partial charge in [-0.3, -0.25) is 4.79 Å². The van der Waals surface area contributed by atoms with Gasteiger partial charge in [0.25, 0.3) is 0 Å². The zero-order valence-electron chi connectivity index (χ0n) is 22.8. The highest BCUT2D eigenvalue weighted by atomic mass is 32.2. The Labute approximate surface area is 215 Å². The SMILES string of the molecule is C=C(Sc1nc(N)nc2nc[nH]c12)C(=O)c1cc([Si](C)(C)C(C)(C)C)cc([Si](C)(C)C(C)(C)C)c1. The number of nitrogen functional groups attached to an aromatic ring is 1. The molecule has 0 fully saturated rings. The van der Waals surface area contributed by atoms with Crippen molar-refractivity contribution in [2.75, 3.05) is 5.73 Å². The van der Waals surface area contributed by atoms with Crippen molar-refractivity contribution in [1.82, 2.24) is 19.9 Å². The monoisotopic (exact) mass is 525 g/mol. The van der Waals surface area contributed by atoms with Crippen LogP contribution in [-0.2, 0) is 0 Å². The highest BCUT2D eigenvalue weighted by Crippen LogP contribution is 2.38. The number of thioether (sulfide) groups is 1. The van der Waals surface area contributed by atoms with Crippen LogP contribution in [0.1, 0.15) is 51.9 Å². The lowest BCUT2D eigenvalue weighted by molar-refractivity contribution is 0.104. The lowest BCUT2D eigenvalue weighted by atomic mass is 10.1. The summed E-state index contributed by atoms with van der Waals surface area (Å²) in [6.45, 7) is 27.6. The predicted octanol–water partition coefficient (Wildman–Crippen LogP) is 5.85. The summed E-state index contributed by atoms with van der Waals surface area (Å²) in [5.74, 6) is 0.0350. The van der Waals surface area contributed by atoms with Crippen LogP contribution in [0.25, 0.3) is 11.2 Å². The Kier molecular flexibility index (Phi) is 7.04. The van der Waals surface area contributed by atoms with Crippen LogP contribution in [0, 0.1) is 0 Å². The number of carbonyl (C=O) groups excluding carboxylic acids is 1. The molecule has 3 rings (SSSR count). The highest BCUT2D eigenvalue weighted by Gasteiger charge is 2.41. The number of Topliss-reactive ketones (excluding diaryl/α,β-unsaturated/α-hetero) is 1. The van der Waals surface area contributed by atoms with Crippen LogP contribution in [0.4, 0.5) is 5.95 Å². The number of nitrogens with zero attached hydrogens (tertiary/aromatic N) is 3. The molecule has 0 aliphatic heterocycles. The Balaban J connectivity index is 2.11.